The average Bonchev–Trinajstić information content (AvgIpc) is 3.04. The molecular formula is C19H24N4O2. The zero-order chi connectivity index (χ0) is 17.9. The molecule has 1 N–H and O–H groups in total. The number of hydrogen-bond acceptors (Lipinski definition) is 4. The molecule has 1 saturated heterocycles. The molecule has 1 fully saturated rings. The van der Waals surface area contributed by atoms with Gasteiger partial charge in [0.05, 0.1) is 6.54 Å². The Balaban J connectivity index is 1.54. The van der Waals surface area contributed by atoms with Crippen LogP contribution in [0.4, 0.5) is 10.5 Å². The van der Waals surface area contributed by atoms with E-state index in [9.17, 15) is 4.79 Å². The van der Waals surface area contributed by atoms with Crippen molar-refractivity contribution in [2.45, 2.75) is 38.7 Å². The molecule has 1 aromatic carbocycles. The van der Waals surface area contributed by atoms with Crippen molar-refractivity contribution in [1.29, 1.82) is 0 Å². The van der Waals surface area contributed by atoms with Crippen molar-refractivity contribution in [3.05, 3.63) is 48.4 Å². The molecule has 25 heavy (non-hydrogen) atoms. The van der Waals surface area contributed by atoms with Crippen LogP contribution in [0.1, 0.15) is 32.8 Å². The molecule has 1 atom stereocenters. The van der Waals surface area contributed by atoms with Crippen LogP contribution in [-0.2, 0) is 5.41 Å². The first-order valence-electron chi connectivity index (χ1n) is 8.51. The minimum absolute atomic E-state index is 0.0380. The molecule has 6 nitrogen and oxygen atoms in total. The van der Waals surface area contributed by atoms with E-state index in [1.54, 1.807) is 17.2 Å². The zero-order valence-corrected chi connectivity index (χ0v) is 14.9. The van der Waals surface area contributed by atoms with E-state index in [1.807, 2.05) is 12.1 Å². The van der Waals surface area contributed by atoms with Gasteiger partial charge in [-0.15, -0.1) is 0 Å². The topological polar surface area (TPSA) is 67.4 Å². The maximum atomic E-state index is 12.4. The average molecular weight is 340 g/mol. The Labute approximate surface area is 148 Å². The number of nitrogens with one attached hydrogen (secondary N) is 1. The van der Waals surface area contributed by atoms with Crippen LogP contribution in [-0.4, -0.2) is 40.1 Å². The van der Waals surface area contributed by atoms with Crippen LogP contribution >= 0.6 is 0 Å². The normalized spacial score (nSPS) is 17.4. The van der Waals surface area contributed by atoms with Crippen LogP contribution in [0.3, 0.4) is 0 Å². The second-order valence-corrected chi connectivity index (χ2v) is 7.28. The van der Waals surface area contributed by atoms with E-state index in [-0.39, 0.29) is 17.6 Å². The van der Waals surface area contributed by atoms with Crippen LogP contribution in [0.15, 0.2) is 42.9 Å². The highest BCUT2D eigenvalue weighted by molar-refractivity contribution is 5.89. The second-order valence-electron chi connectivity index (χ2n) is 7.28. The number of rotatable bonds is 3. The van der Waals surface area contributed by atoms with Crippen molar-refractivity contribution >= 4 is 11.7 Å². The fourth-order valence-corrected chi connectivity index (χ4v) is 2.78. The van der Waals surface area contributed by atoms with Gasteiger partial charge in [-0.25, -0.2) is 14.8 Å². The first-order valence-corrected chi connectivity index (χ1v) is 8.51. The molecule has 2 aromatic rings. The molecular weight excluding hydrogens is 316 g/mol. The van der Waals surface area contributed by atoms with Gasteiger partial charge in [-0.1, -0.05) is 32.9 Å². The van der Waals surface area contributed by atoms with E-state index in [1.165, 1.54) is 11.9 Å². The van der Waals surface area contributed by atoms with Crippen LogP contribution in [0.25, 0.3) is 0 Å². The molecule has 0 saturated carbocycles. The summed E-state index contributed by atoms with van der Waals surface area (Å²) in [6, 6.07) is 9.63. The molecule has 0 radical (unpaired) electrons. The van der Waals surface area contributed by atoms with E-state index >= 15 is 0 Å². The lowest BCUT2D eigenvalue weighted by molar-refractivity contribution is 0.189. The Morgan fingerprint density at radius 3 is 2.64 bits per heavy atom. The zero-order valence-electron chi connectivity index (χ0n) is 14.9. The standard InChI is InChI=1S/C19H24N4O2/c1-19(2,3)14-4-6-15(7-5-14)22-18(24)23-11-9-16(12-23)25-17-8-10-20-13-21-17/h4-8,10,13,16H,9,11-12H2,1-3H3,(H,22,24)/t16-/m0/s1. The van der Waals surface area contributed by atoms with Gasteiger partial charge < -0.3 is 15.0 Å². The summed E-state index contributed by atoms with van der Waals surface area (Å²) < 4.78 is 5.79. The summed E-state index contributed by atoms with van der Waals surface area (Å²) in [4.78, 5) is 22.1. The first-order chi connectivity index (χ1) is 11.9. The lowest BCUT2D eigenvalue weighted by atomic mass is 9.87. The Morgan fingerprint density at radius 2 is 2.00 bits per heavy atom. The van der Waals surface area contributed by atoms with Crippen molar-refractivity contribution in [3.63, 3.8) is 0 Å². The summed E-state index contributed by atoms with van der Waals surface area (Å²) in [7, 11) is 0. The number of benzene rings is 1. The summed E-state index contributed by atoms with van der Waals surface area (Å²) in [5, 5.41) is 2.95. The maximum Gasteiger partial charge on any atom is 0.321 e. The molecule has 0 unspecified atom stereocenters. The molecule has 1 aromatic heterocycles. The Hall–Kier alpha value is -2.63. The fourth-order valence-electron chi connectivity index (χ4n) is 2.78. The Bertz CT molecular complexity index is 710. The van der Waals surface area contributed by atoms with Gasteiger partial charge in [0, 0.05) is 30.9 Å². The molecule has 0 bridgehead atoms. The molecule has 2 heterocycles. The maximum absolute atomic E-state index is 12.4. The van der Waals surface area contributed by atoms with E-state index in [4.69, 9.17) is 4.74 Å². The van der Waals surface area contributed by atoms with Gasteiger partial charge in [0.25, 0.3) is 0 Å². The van der Waals surface area contributed by atoms with E-state index in [0.29, 0.717) is 19.0 Å². The van der Waals surface area contributed by atoms with Crippen molar-refractivity contribution in [2.75, 3.05) is 18.4 Å². The predicted molar refractivity (Wildman–Crippen MR) is 96.8 cm³/mol. The summed E-state index contributed by atoms with van der Waals surface area (Å²) in [5.74, 6) is 0.542. The third-order valence-electron chi connectivity index (χ3n) is 4.28. The summed E-state index contributed by atoms with van der Waals surface area (Å²) in [6.45, 7) is 7.73. The van der Waals surface area contributed by atoms with Crippen molar-refractivity contribution in [3.8, 4) is 5.88 Å². The van der Waals surface area contributed by atoms with Gasteiger partial charge >= 0.3 is 6.03 Å². The molecule has 132 valence electrons. The lowest BCUT2D eigenvalue weighted by Gasteiger charge is -2.20. The number of amides is 2. The van der Waals surface area contributed by atoms with Crippen molar-refractivity contribution < 1.29 is 9.53 Å². The molecule has 1 aliphatic heterocycles. The predicted octanol–water partition coefficient (Wildman–Crippen LogP) is 3.46. The van der Waals surface area contributed by atoms with Gasteiger partial charge in [-0.05, 0) is 23.1 Å². The van der Waals surface area contributed by atoms with Crippen LogP contribution in [0.5, 0.6) is 5.88 Å². The number of carbonyl (C=O) groups is 1. The number of carbonyl (C=O) groups excluding carboxylic acids is 1. The number of likely N-dealkylation sites (tertiary alicyclic amines) is 1. The van der Waals surface area contributed by atoms with Gasteiger partial charge in [0.2, 0.25) is 5.88 Å². The Morgan fingerprint density at radius 1 is 1.24 bits per heavy atom. The minimum atomic E-state index is -0.0997. The van der Waals surface area contributed by atoms with Crippen LogP contribution in [0.2, 0.25) is 0 Å². The van der Waals surface area contributed by atoms with E-state index in [2.05, 4.69) is 48.2 Å². The van der Waals surface area contributed by atoms with Gasteiger partial charge in [-0.3, -0.25) is 0 Å². The smallest absolute Gasteiger partial charge is 0.321 e. The third-order valence-corrected chi connectivity index (χ3v) is 4.28. The number of aromatic nitrogens is 2. The number of hydrogen-bond donors (Lipinski definition) is 1. The van der Waals surface area contributed by atoms with Crippen molar-refractivity contribution in [1.82, 2.24) is 14.9 Å². The second kappa shape index (κ2) is 7.09. The molecule has 0 spiro atoms. The first kappa shape index (κ1) is 17.2. The molecule has 2 amide bonds. The highest BCUT2D eigenvalue weighted by Gasteiger charge is 2.28. The third kappa shape index (κ3) is 4.47. The SMILES string of the molecule is CC(C)(C)c1ccc(NC(=O)N2CC[C@H](Oc3ccncn3)C2)cc1. The number of ether oxygens (including phenoxy) is 1. The van der Waals surface area contributed by atoms with Gasteiger partial charge in [-0.2, -0.15) is 0 Å². The summed E-state index contributed by atoms with van der Waals surface area (Å²) in [5.41, 5.74) is 2.14. The van der Waals surface area contributed by atoms with Gasteiger partial charge in [0.1, 0.15) is 12.4 Å². The van der Waals surface area contributed by atoms with Crippen molar-refractivity contribution in [2.24, 2.45) is 0 Å². The number of urea groups is 1. The highest BCUT2D eigenvalue weighted by atomic mass is 16.5. The van der Waals surface area contributed by atoms with E-state index in [0.717, 1.165) is 12.1 Å². The monoisotopic (exact) mass is 340 g/mol. The fraction of sp³-hybridized carbons (Fsp3) is 0.421. The summed E-state index contributed by atoms with van der Waals surface area (Å²) >= 11 is 0. The minimum Gasteiger partial charge on any atom is -0.472 e. The number of nitrogens with zero attached hydrogens (tertiary/aromatic N) is 3. The quantitative estimate of drug-likeness (QED) is 0.929. The molecule has 3 rings (SSSR count). The van der Waals surface area contributed by atoms with Crippen LogP contribution < -0.4 is 10.1 Å². The van der Waals surface area contributed by atoms with E-state index < -0.39 is 0 Å². The number of anilines is 1. The van der Waals surface area contributed by atoms with Gasteiger partial charge in [0.15, 0.2) is 0 Å². The molecule has 1 aliphatic rings. The highest BCUT2D eigenvalue weighted by Crippen LogP contribution is 2.24. The molecule has 6 heteroatoms. The molecule has 0 aliphatic carbocycles. The summed E-state index contributed by atoms with van der Waals surface area (Å²) in [6.07, 6.45) is 3.85. The Kier molecular flexibility index (Phi) is 4.88. The lowest BCUT2D eigenvalue weighted by Crippen LogP contribution is -2.34. The van der Waals surface area contributed by atoms with Crippen LogP contribution in [0, 0.1) is 0 Å². The largest absolute Gasteiger partial charge is 0.472 e.